The summed E-state index contributed by atoms with van der Waals surface area (Å²) in [5.74, 6) is 0.586. The highest BCUT2D eigenvalue weighted by molar-refractivity contribution is 5.76. The maximum absolute atomic E-state index is 12.7. The quantitative estimate of drug-likeness (QED) is 0.525. The zero-order valence-electron chi connectivity index (χ0n) is 17.2. The van der Waals surface area contributed by atoms with E-state index in [1.54, 1.807) is 25.9 Å². The lowest BCUT2D eigenvalue weighted by Crippen LogP contribution is -2.50. The number of aryl methyl sites for hydroxylation is 1. The van der Waals surface area contributed by atoms with Crippen LogP contribution in [0, 0.1) is 35.3 Å². The van der Waals surface area contributed by atoms with Crippen LogP contribution in [0.25, 0.3) is 0 Å². The van der Waals surface area contributed by atoms with Gasteiger partial charge in [0.1, 0.15) is 29.7 Å². The van der Waals surface area contributed by atoms with Crippen LogP contribution in [0.5, 0.6) is 5.75 Å². The summed E-state index contributed by atoms with van der Waals surface area (Å²) in [4.78, 5) is 27.1. The van der Waals surface area contributed by atoms with Gasteiger partial charge < -0.3 is 9.64 Å². The number of hydrogen-bond acceptors (Lipinski definition) is 7. The first-order valence-corrected chi connectivity index (χ1v) is 9.59. The second kappa shape index (κ2) is 8.92. The summed E-state index contributed by atoms with van der Waals surface area (Å²) in [5.41, 5.74) is 1.50. The number of carbonyl (C=O) groups excluding carboxylic acids is 1. The summed E-state index contributed by atoms with van der Waals surface area (Å²) < 4.78 is 6.55. The maximum Gasteiger partial charge on any atom is 0.312 e. The maximum atomic E-state index is 12.7. The molecule has 0 bridgehead atoms. The van der Waals surface area contributed by atoms with E-state index >= 15 is 0 Å². The minimum atomic E-state index is -0.474. The van der Waals surface area contributed by atoms with Crippen molar-refractivity contribution >= 4 is 11.6 Å². The molecule has 1 fully saturated rings. The molecule has 0 saturated carbocycles. The normalized spacial score (nSPS) is 15.5. The Morgan fingerprint density at radius 3 is 2.40 bits per heavy atom. The van der Waals surface area contributed by atoms with Crippen LogP contribution in [0.15, 0.2) is 24.3 Å². The van der Waals surface area contributed by atoms with Gasteiger partial charge in [-0.25, -0.2) is 0 Å². The van der Waals surface area contributed by atoms with Crippen LogP contribution in [-0.2, 0) is 11.3 Å². The average Bonchev–Trinajstić information content (AvgIpc) is 3.02. The molecule has 1 aromatic heterocycles. The Morgan fingerprint density at radius 1 is 1.27 bits per heavy atom. The zero-order chi connectivity index (χ0) is 21.8. The van der Waals surface area contributed by atoms with E-state index in [9.17, 15) is 20.2 Å². The van der Waals surface area contributed by atoms with E-state index in [4.69, 9.17) is 4.74 Å². The molecule has 1 aliphatic heterocycles. The number of nitrogens with zero attached hydrogens (tertiary/aromatic N) is 6. The summed E-state index contributed by atoms with van der Waals surface area (Å²) >= 11 is 0. The fourth-order valence-electron chi connectivity index (χ4n) is 3.72. The number of nitriles is 1. The van der Waals surface area contributed by atoms with Crippen molar-refractivity contribution in [1.82, 2.24) is 19.6 Å². The molecule has 1 unspecified atom stereocenters. The fourth-order valence-corrected chi connectivity index (χ4v) is 3.72. The Labute approximate surface area is 174 Å². The lowest BCUT2D eigenvalue weighted by molar-refractivity contribution is -0.386. The van der Waals surface area contributed by atoms with Crippen LogP contribution in [0.4, 0.5) is 5.69 Å². The molecule has 1 saturated heterocycles. The molecule has 10 nitrogen and oxygen atoms in total. The predicted octanol–water partition coefficient (Wildman–Crippen LogP) is 1.83. The predicted molar refractivity (Wildman–Crippen MR) is 108 cm³/mol. The van der Waals surface area contributed by atoms with E-state index in [-0.39, 0.29) is 18.1 Å². The van der Waals surface area contributed by atoms with E-state index in [1.807, 2.05) is 29.2 Å². The van der Waals surface area contributed by atoms with Crippen LogP contribution in [0.2, 0.25) is 0 Å². The van der Waals surface area contributed by atoms with Crippen LogP contribution < -0.4 is 4.74 Å². The molecule has 1 amide bonds. The van der Waals surface area contributed by atoms with E-state index in [0.29, 0.717) is 37.6 Å². The smallest absolute Gasteiger partial charge is 0.312 e. The van der Waals surface area contributed by atoms with E-state index < -0.39 is 11.0 Å². The van der Waals surface area contributed by atoms with Gasteiger partial charge in [-0.15, -0.1) is 0 Å². The van der Waals surface area contributed by atoms with Crippen molar-refractivity contribution in [3.63, 3.8) is 0 Å². The Bertz CT molecular complexity index is 970. The Balaban J connectivity index is 1.62. The molecule has 1 aromatic carbocycles. The third kappa shape index (κ3) is 4.26. The lowest BCUT2D eigenvalue weighted by atomic mass is 10.1. The second-order valence-electron chi connectivity index (χ2n) is 7.16. The average molecular weight is 412 g/mol. The summed E-state index contributed by atoms with van der Waals surface area (Å²) in [6.45, 7) is 5.20. The zero-order valence-corrected chi connectivity index (χ0v) is 17.2. The highest BCUT2D eigenvalue weighted by atomic mass is 16.6. The summed E-state index contributed by atoms with van der Waals surface area (Å²) in [6, 6.07) is 9.35. The van der Waals surface area contributed by atoms with Gasteiger partial charge >= 0.3 is 5.69 Å². The third-order valence-corrected chi connectivity index (χ3v) is 5.40. The van der Waals surface area contributed by atoms with Gasteiger partial charge in [-0.2, -0.15) is 10.4 Å². The number of nitro groups is 1. The van der Waals surface area contributed by atoms with Crippen molar-refractivity contribution in [1.29, 1.82) is 5.26 Å². The first kappa shape index (κ1) is 21.3. The third-order valence-electron chi connectivity index (χ3n) is 5.40. The number of amides is 1. The standard InChI is InChI=1S/C20H24N6O4/c1-14-20(26(28)29)15(2)25(22-14)13-19(27)24-10-8-23(9-11-24)18(12-21)16-4-6-17(30-3)7-5-16/h4-7,18H,8-11,13H2,1-3H3. The molecular formula is C20H24N6O4. The van der Waals surface area contributed by atoms with E-state index in [0.717, 1.165) is 11.3 Å². The van der Waals surface area contributed by atoms with Crippen LogP contribution >= 0.6 is 0 Å². The number of rotatable bonds is 6. The minimum absolute atomic E-state index is 0.0410. The van der Waals surface area contributed by atoms with Crippen molar-refractivity contribution in [2.45, 2.75) is 26.4 Å². The number of ether oxygens (including phenoxy) is 1. The van der Waals surface area contributed by atoms with Crippen molar-refractivity contribution in [2.24, 2.45) is 0 Å². The monoisotopic (exact) mass is 412 g/mol. The molecule has 2 aromatic rings. The molecule has 0 N–H and O–H groups in total. The number of aromatic nitrogens is 2. The molecule has 3 rings (SSSR count). The number of benzene rings is 1. The summed E-state index contributed by atoms with van der Waals surface area (Å²) in [7, 11) is 1.59. The number of carbonyl (C=O) groups is 1. The largest absolute Gasteiger partial charge is 0.497 e. The van der Waals surface area contributed by atoms with E-state index in [2.05, 4.69) is 11.2 Å². The van der Waals surface area contributed by atoms with Gasteiger partial charge in [0.2, 0.25) is 5.91 Å². The van der Waals surface area contributed by atoms with Crippen molar-refractivity contribution < 1.29 is 14.5 Å². The van der Waals surface area contributed by atoms with Crippen molar-refractivity contribution in [3.8, 4) is 11.8 Å². The highest BCUT2D eigenvalue weighted by Gasteiger charge is 2.29. The molecular weight excluding hydrogens is 388 g/mol. The molecule has 2 heterocycles. The lowest BCUT2D eigenvalue weighted by Gasteiger charge is -2.37. The van der Waals surface area contributed by atoms with Gasteiger partial charge in [-0.1, -0.05) is 12.1 Å². The summed E-state index contributed by atoms with van der Waals surface area (Å²) in [5, 5.41) is 24.9. The topological polar surface area (TPSA) is 118 Å². The molecule has 158 valence electrons. The van der Waals surface area contributed by atoms with Gasteiger partial charge in [0.25, 0.3) is 0 Å². The highest BCUT2D eigenvalue weighted by Crippen LogP contribution is 2.25. The second-order valence-corrected chi connectivity index (χ2v) is 7.16. The van der Waals surface area contributed by atoms with Crippen molar-refractivity contribution in [2.75, 3.05) is 33.3 Å². The van der Waals surface area contributed by atoms with Gasteiger partial charge in [-0.3, -0.25) is 24.5 Å². The summed E-state index contributed by atoms with van der Waals surface area (Å²) in [6.07, 6.45) is 0. The molecule has 1 aliphatic rings. The number of piperazine rings is 1. The van der Waals surface area contributed by atoms with Crippen LogP contribution in [-0.4, -0.2) is 63.7 Å². The van der Waals surface area contributed by atoms with Gasteiger partial charge in [0.15, 0.2) is 0 Å². The fraction of sp³-hybridized carbons (Fsp3) is 0.450. The molecule has 1 atom stereocenters. The minimum Gasteiger partial charge on any atom is -0.497 e. The Hall–Kier alpha value is -3.45. The van der Waals surface area contributed by atoms with Gasteiger partial charge in [-0.05, 0) is 31.5 Å². The number of hydrogen-bond donors (Lipinski definition) is 0. The van der Waals surface area contributed by atoms with Crippen LogP contribution in [0.1, 0.15) is 23.0 Å². The molecule has 10 heteroatoms. The van der Waals surface area contributed by atoms with E-state index in [1.165, 1.54) is 4.68 Å². The number of methoxy groups -OCH3 is 1. The van der Waals surface area contributed by atoms with Crippen LogP contribution in [0.3, 0.4) is 0 Å². The molecule has 30 heavy (non-hydrogen) atoms. The first-order chi connectivity index (χ1) is 14.3. The molecule has 0 radical (unpaired) electrons. The van der Waals surface area contributed by atoms with Gasteiger partial charge in [0.05, 0.1) is 18.1 Å². The molecule has 0 aliphatic carbocycles. The SMILES string of the molecule is COc1ccc(C(C#N)N2CCN(C(=O)Cn3nc(C)c([N+](=O)[O-])c3C)CC2)cc1. The van der Waals surface area contributed by atoms with Crippen molar-refractivity contribution in [3.05, 3.63) is 51.3 Å². The Kier molecular flexibility index (Phi) is 6.32. The van der Waals surface area contributed by atoms with Gasteiger partial charge in [0, 0.05) is 26.2 Å². The first-order valence-electron chi connectivity index (χ1n) is 9.59. The Morgan fingerprint density at radius 2 is 1.90 bits per heavy atom. The molecule has 0 spiro atoms.